The quantitative estimate of drug-likeness (QED) is 0.743. The van der Waals surface area contributed by atoms with E-state index in [2.05, 4.69) is 0 Å². The Hall–Kier alpha value is -3.29. The standard InChI is InChI=1S/C20H15F3O5/c1-26-15-9-3-12(4-10-15)16-11-17(24)28-19(16,18(25)27-2)13-5-7-14(8-6-13)20(21,22)23/h3-11H,1-2H3/t19-/m0/s1. The Morgan fingerprint density at radius 2 is 1.61 bits per heavy atom. The van der Waals surface area contributed by atoms with Crippen LogP contribution in [0.15, 0.2) is 54.6 Å². The van der Waals surface area contributed by atoms with Crippen LogP contribution in [0.3, 0.4) is 0 Å². The third kappa shape index (κ3) is 3.21. The van der Waals surface area contributed by atoms with Crippen LogP contribution in [0, 0.1) is 0 Å². The molecular weight excluding hydrogens is 377 g/mol. The van der Waals surface area contributed by atoms with Gasteiger partial charge in [0.25, 0.3) is 5.60 Å². The lowest BCUT2D eigenvalue weighted by Crippen LogP contribution is -2.39. The second kappa shape index (κ2) is 7.03. The monoisotopic (exact) mass is 392 g/mol. The minimum atomic E-state index is -4.54. The molecule has 3 rings (SSSR count). The molecule has 146 valence electrons. The highest BCUT2D eigenvalue weighted by Crippen LogP contribution is 2.45. The zero-order valence-electron chi connectivity index (χ0n) is 14.9. The Bertz CT molecular complexity index is 930. The van der Waals surface area contributed by atoms with Crippen LogP contribution in [0.2, 0.25) is 0 Å². The highest BCUT2D eigenvalue weighted by molar-refractivity contribution is 6.09. The third-order valence-electron chi connectivity index (χ3n) is 4.39. The normalized spacial score (nSPS) is 19.0. The number of cyclic esters (lactones) is 1. The molecule has 0 unspecified atom stereocenters. The largest absolute Gasteiger partial charge is 0.497 e. The fourth-order valence-electron chi connectivity index (χ4n) is 3.03. The van der Waals surface area contributed by atoms with Crippen molar-refractivity contribution < 1.29 is 37.0 Å². The number of halogens is 3. The maximum Gasteiger partial charge on any atom is 0.416 e. The van der Waals surface area contributed by atoms with Gasteiger partial charge in [0, 0.05) is 17.2 Å². The van der Waals surface area contributed by atoms with Gasteiger partial charge in [0.1, 0.15) is 5.75 Å². The summed E-state index contributed by atoms with van der Waals surface area (Å²) in [5.41, 5.74) is -2.25. The van der Waals surface area contributed by atoms with Crippen molar-refractivity contribution in [2.24, 2.45) is 0 Å². The first-order chi connectivity index (χ1) is 13.2. The van der Waals surface area contributed by atoms with Crippen LogP contribution < -0.4 is 4.74 Å². The van der Waals surface area contributed by atoms with Crippen molar-refractivity contribution in [2.45, 2.75) is 11.8 Å². The second-order valence-electron chi connectivity index (χ2n) is 5.96. The lowest BCUT2D eigenvalue weighted by atomic mass is 9.82. The van der Waals surface area contributed by atoms with Gasteiger partial charge in [-0.05, 0) is 29.8 Å². The van der Waals surface area contributed by atoms with Gasteiger partial charge >= 0.3 is 18.1 Å². The van der Waals surface area contributed by atoms with Crippen LogP contribution in [0.25, 0.3) is 5.57 Å². The number of alkyl halides is 3. The molecule has 2 aromatic rings. The lowest BCUT2D eigenvalue weighted by Gasteiger charge is -2.29. The average Bonchev–Trinajstić information content (AvgIpc) is 3.05. The Kier molecular flexibility index (Phi) is 4.89. The van der Waals surface area contributed by atoms with Crippen LogP contribution in [0.5, 0.6) is 5.75 Å². The van der Waals surface area contributed by atoms with E-state index >= 15 is 0 Å². The van der Waals surface area contributed by atoms with Gasteiger partial charge in [-0.25, -0.2) is 9.59 Å². The summed E-state index contributed by atoms with van der Waals surface area (Å²) in [5.74, 6) is -1.19. The summed E-state index contributed by atoms with van der Waals surface area (Å²) in [6.45, 7) is 0. The summed E-state index contributed by atoms with van der Waals surface area (Å²) in [5, 5.41) is 0. The third-order valence-corrected chi connectivity index (χ3v) is 4.39. The summed E-state index contributed by atoms with van der Waals surface area (Å²) in [6, 6.07) is 10.3. The Balaban J connectivity index is 2.15. The van der Waals surface area contributed by atoms with Gasteiger partial charge in [-0.15, -0.1) is 0 Å². The predicted molar refractivity (Wildman–Crippen MR) is 92.2 cm³/mol. The van der Waals surface area contributed by atoms with Gasteiger partial charge in [0.05, 0.1) is 19.8 Å². The van der Waals surface area contributed by atoms with Crippen molar-refractivity contribution in [1.82, 2.24) is 0 Å². The van der Waals surface area contributed by atoms with Gasteiger partial charge in [-0.3, -0.25) is 0 Å². The summed E-state index contributed by atoms with van der Waals surface area (Å²) >= 11 is 0. The zero-order valence-corrected chi connectivity index (χ0v) is 14.9. The van der Waals surface area contributed by atoms with E-state index in [1.54, 1.807) is 24.3 Å². The highest BCUT2D eigenvalue weighted by Gasteiger charge is 2.53. The summed E-state index contributed by atoms with van der Waals surface area (Å²) in [6.07, 6.45) is -3.42. The molecule has 1 aliphatic rings. The van der Waals surface area contributed by atoms with Crippen LogP contribution in [-0.4, -0.2) is 26.2 Å². The highest BCUT2D eigenvalue weighted by atomic mass is 19.4. The molecule has 28 heavy (non-hydrogen) atoms. The Labute approximate surface area is 158 Å². The Morgan fingerprint density at radius 3 is 2.11 bits per heavy atom. The van der Waals surface area contributed by atoms with Gasteiger partial charge in [-0.1, -0.05) is 24.3 Å². The van der Waals surface area contributed by atoms with Crippen LogP contribution in [0.4, 0.5) is 13.2 Å². The lowest BCUT2D eigenvalue weighted by molar-refractivity contribution is -0.169. The molecule has 0 fully saturated rings. The molecule has 0 bridgehead atoms. The maximum atomic E-state index is 12.9. The van der Waals surface area contributed by atoms with Gasteiger partial charge in [-0.2, -0.15) is 13.2 Å². The van der Waals surface area contributed by atoms with Gasteiger partial charge < -0.3 is 14.2 Å². The number of rotatable bonds is 4. The molecule has 1 aliphatic heterocycles. The van der Waals surface area contributed by atoms with E-state index in [4.69, 9.17) is 14.2 Å². The molecule has 1 heterocycles. The molecule has 0 aliphatic carbocycles. The van der Waals surface area contributed by atoms with Crippen LogP contribution >= 0.6 is 0 Å². The number of carbonyl (C=O) groups is 2. The van der Waals surface area contributed by atoms with E-state index in [-0.39, 0.29) is 11.1 Å². The summed E-state index contributed by atoms with van der Waals surface area (Å²) < 4.78 is 53.9. The number of hydrogen-bond donors (Lipinski definition) is 0. The molecular formula is C20H15F3O5. The van der Waals surface area contributed by atoms with E-state index < -0.39 is 29.3 Å². The van der Waals surface area contributed by atoms with Crippen LogP contribution in [0.1, 0.15) is 16.7 Å². The summed E-state index contributed by atoms with van der Waals surface area (Å²) in [4.78, 5) is 24.8. The Morgan fingerprint density at radius 1 is 1.00 bits per heavy atom. The van der Waals surface area contributed by atoms with E-state index in [0.717, 1.165) is 37.5 Å². The van der Waals surface area contributed by atoms with E-state index in [1.165, 1.54) is 7.11 Å². The van der Waals surface area contributed by atoms with Crippen molar-refractivity contribution in [3.05, 3.63) is 71.3 Å². The average molecular weight is 392 g/mol. The maximum absolute atomic E-state index is 12.9. The molecule has 0 saturated carbocycles. The first-order valence-corrected chi connectivity index (χ1v) is 8.08. The number of ether oxygens (including phenoxy) is 3. The molecule has 0 spiro atoms. The molecule has 0 amide bonds. The number of hydrogen-bond acceptors (Lipinski definition) is 5. The molecule has 2 aromatic carbocycles. The molecule has 0 aromatic heterocycles. The van der Waals surface area contributed by atoms with E-state index in [9.17, 15) is 22.8 Å². The van der Waals surface area contributed by atoms with E-state index in [1.807, 2.05) is 0 Å². The first-order valence-electron chi connectivity index (χ1n) is 8.08. The predicted octanol–water partition coefficient (Wildman–Crippen LogP) is 3.72. The number of esters is 2. The van der Waals surface area contributed by atoms with Gasteiger partial charge in [0.15, 0.2) is 0 Å². The molecule has 0 saturated heterocycles. The van der Waals surface area contributed by atoms with Crippen molar-refractivity contribution in [3.63, 3.8) is 0 Å². The summed E-state index contributed by atoms with van der Waals surface area (Å²) in [7, 11) is 2.59. The van der Waals surface area contributed by atoms with Crippen molar-refractivity contribution in [2.75, 3.05) is 14.2 Å². The number of methoxy groups -OCH3 is 2. The number of carbonyl (C=O) groups excluding carboxylic acids is 2. The fraction of sp³-hybridized carbons (Fsp3) is 0.200. The zero-order chi connectivity index (χ0) is 20.5. The van der Waals surface area contributed by atoms with Crippen LogP contribution in [-0.2, 0) is 30.8 Å². The minimum absolute atomic E-state index is 0.0419. The van der Waals surface area contributed by atoms with Gasteiger partial charge in [0.2, 0.25) is 0 Å². The topological polar surface area (TPSA) is 61.8 Å². The first kappa shape index (κ1) is 19.5. The number of benzene rings is 2. The van der Waals surface area contributed by atoms with Crippen molar-refractivity contribution in [3.8, 4) is 5.75 Å². The molecule has 0 radical (unpaired) electrons. The molecule has 5 nitrogen and oxygen atoms in total. The SMILES string of the molecule is COC(=O)[C@@]1(c2ccc(C(F)(F)F)cc2)OC(=O)C=C1c1ccc(OC)cc1. The molecule has 8 heteroatoms. The molecule has 1 atom stereocenters. The smallest absolute Gasteiger partial charge is 0.416 e. The van der Waals surface area contributed by atoms with Crippen molar-refractivity contribution in [1.29, 1.82) is 0 Å². The van der Waals surface area contributed by atoms with Crippen molar-refractivity contribution >= 4 is 17.5 Å². The second-order valence-corrected chi connectivity index (χ2v) is 5.96. The fourth-order valence-corrected chi connectivity index (χ4v) is 3.03. The van der Waals surface area contributed by atoms with E-state index in [0.29, 0.717) is 11.3 Å². The minimum Gasteiger partial charge on any atom is -0.497 e. The molecule has 0 N–H and O–H groups in total.